The molecule has 2 aliphatic rings. The van der Waals surface area contributed by atoms with Gasteiger partial charge in [-0.1, -0.05) is 43.9 Å². The summed E-state index contributed by atoms with van der Waals surface area (Å²) in [5.74, 6) is 0.755. The number of nitrogens with two attached hydrogens (primary N) is 1. The van der Waals surface area contributed by atoms with Gasteiger partial charge in [0.25, 0.3) is 0 Å². The van der Waals surface area contributed by atoms with Crippen LogP contribution < -0.4 is 5.73 Å². The van der Waals surface area contributed by atoms with Crippen LogP contribution in [0.25, 0.3) is 0 Å². The molecule has 1 aromatic rings. The highest BCUT2D eigenvalue weighted by atomic mass is 15.3. The van der Waals surface area contributed by atoms with Gasteiger partial charge in [0.15, 0.2) is 5.96 Å². The molecule has 0 saturated heterocycles. The van der Waals surface area contributed by atoms with Crippen molar-refractivity contribution >= 4 is 5.96 Å². The zero-order valence-corrected chi connectivity index (χ0v) is 13.3. The summed E-state index contributed by atoms with van der Waals surface area (Å²) >= 11 is 0. The number of nitrogens with zero attached hydrogens (tertiary/aromatic N) is 2. The maximum absolute atomic E-state index is 6.23. The summed E-state index contributed by atoms with van der Waals surface area (Å²) in [4.78, 5) is 6.97. The summed E-state index contributed by atoms with van der Waals surface area (Å²) in [5.41, 5.74) is 10.3. The van der Waals surface area contributed by atoms with Gasteiger partial charge in [0, 0.05) is 6.04 Å². The molecule has 1 unspecified atom stereocenters. The molecule has 0 amide bonds. The molecule has 1 aromatic carbocycles. The lowest BCUT2D eigenvalue weighted by Gasteiger charge is -2.34. The summed E-state index contributed by atoms with van der Waals surface area (Å²) < 4.78 is 0. The molecule has 0 radical (unpaired) electrons. The van der Waals surface area contributed by atoms with Gasteiger partial charge in [-0.15, -0.1) is 0 Å². The molecule has 1 fully saturated rings. The van der Waals surface area contributed by atoms with Crippen molar-refractivity contribution in [3.63, 3.8) is 0 Å². The minimum atomic E-state index is 0.340. The number of rotatable bonds is 2. The van der Waals surface area contributed by atoms with Crippen molar-refractivity contribution in [2.75, 3.05) is 6.54 Å². The van der Waals surface area contributed by atoms with E-state index in [2.05, 4.69) is 41.9 Å². The van der Waals surface area contributed by atoms with Crippen molar-refractivity contribution in [2.24, 2.45) is 10.7 Å². The molecule has 3 rings (SSSR count). The van der Waals surface area contributed by atoms with Crippen LogP contribution in [0.1, 0.15) is 61.3 Å². The smallest absolute Gasteiger partial charge is 0.192 e. The number of benzene rings is 1. The van der Waals surface area contributed by atoms with Crippen LogP contribution in [-0.2, 0) is 0 Å². The van der Waals surface area contributed by atoms with Crippen molar-refractivity contribution in [3.8, 4) is 0 Å². The fourth-order valence-electron chi connectivity index (χ4n) is 3.72. The quantitative estimate of drug-likeness (QED) is 0.842. The lowest BCUT2D eigenvalue weighted by Crippen LogP contribution is -2.43. The molecule has 0 bridgehead atoms. The molecule has 21 heavy (non-hydrogen) atoms. The Morgan fingerprint density at radius 3 is 2.43 bits per heavy atom. The van der Waals surface area contributed by atoms with Crippen molar-refractivity contribution < 1.29 is 0 Å². The number of hydrogen-bond acceptors (Lipinski definition) is 3. The second-order valence-electron chi connectivity index (χ2n) is 6.61. The maximum Gasteiger partial charge on any atom is 0.192 e. The Hall–Kier alpha value is -1.51. The minimum Gasteiger partial charge on any atom is -0.370 e. The number of hydrogen-bond donors (Lipinski definition) is 1. The van der Waals surface area contributed by atoms with Gasteiger partial charge in [-0.2, -0.15) is 0 Å². The van der Waals surface area contributed by atoms with Crippen molar-refractivity contribution in [3.05, 3.63) is 34.9 Å². The largest absolute Gasteiger partial charge is 0.370 e. The van der Waals surface area contributed by atoms with E-state index in [0.717, 1.165) is 12.5 Å². The summed E-state index contributed by atoms with van der Waals surface area (Å²) in [7, 11) is 0. The van der Waals surface area contributed by atoms with Crippen LogP contribution in [0.4, 0.5) is 0 Å². The van der Waals surface area contributed by atoms with Crippen LogP contribution in [0.2, 0.25) is 0 Å². The molecule has 0 aromatic heterocycles. The molecule has 1 aliphatic heterocycles. The summed E-state index contributed by atoms with van der Waals surface area (Å²) in [6.45, 7) is 5.17. The molecule has 1 saturated carbocycles. The number of aryl methyl sites for hydroxylation is 2. The molecular formula is C18H27N3. The van der Waals surface area contributed by atoms with Gasteiger partial charge in [0.1, 0.15) is 0 Å². The van der Waals surface area contributed by atoms with E-state index in [1.165, 1.54) is 55.2 Å². The first-order chi connectivity index (χ1) is 10.2. The van der Waals surface area contributed by atoms with Crippen molar-refractivity contribution in [1.82, 2.24) is 4.90 Å². The molecule has 1 aliphatic carbocycles. The number of guanidine groups is 1. The van der Waals surface area contributed by atoms with E-state index in [4.69, 9.17) is 5.73 Å². The second-order valence-corrected chi connectivity index (χ2v) is 6.61. The Morgan fingerprint density at radius 1 is 1.05 bits per heavy atom. The first-order valence-corrected chi connectivity index (χ1v) is 8.32. The monoisotopic (exact) mass is 285 g/mol. The van der Waals surface area contributed by atoms with E-state index < -0.39 is 0 Å². The van der Waals surface area contributed by atoms with Gasteiger partial charge in [0.2, 0.25) is 0 Å². The first kappa shape index (κ1) is 14.4. The van der Waals surface area contributed by atoms with Gasteiger partial charge >= 0.3 is 0 Å². The standard InChI is InChI=1S/C18H27N3/c1-13-9-10-15(11-14(13)2)17-12-20-18(19)21(17)16-7-5-3-4-6-8-16/h9-11,16-17H,3-8,12H2,1-2H3,(H2,19,20). The highest BCUT2D eigenvalue weighted by Crippen LogP contribution is 2.33. The third-order valence-electron chi connectivity index (χ3n) is 5.16. The van der Waals surface area contributed by atoms with Crippen LogP contribution in [0.3, 0.4) is 0 Å². The molecule has 114 valence electrons. The zero-order valence-electron chi connectivity index (χ0n) is 13.3. The molecule has 1 atom stereocenters. The summed E-state index contributed by atoms with van der Waals surface area (Å²) in [6.07, 6.45) is 7.92. The molecular weight excluding hydrogens is 258 g/mol. The van der Waals surface area contributed by atoms with E-state index in [1.54, 1.807) is 0 Å². The lowest BCUT2D eigenvalue weighted by molar-refractivity contribution is 0.237. The predicted molar refractivity (Wildman–Crippen MR) is 88.5 cm³/mol. The van der Waals surface area contributed by atoms with Crippen molar-refractivity contribution in [1.29, 1.82) is 0 Å². The fraction of sp³-hybridized carbons (Fsp3) is 0.611. The molecule has 3 heteroatoms. The topological polar surface area (TPSA) is 41.6 Å². The van der Waals surface area contributed by atoms with Crippen LogP contribution in [0.5, 0.6) is 0 Å². The Labute approximate surface area is 128 Å². The molecule has 1 heterocycles. The second kappa shape index (κ2) is 6.08. The van der Waals surface area contributed by atoms with Gasteiger partial charge in [-0.05, 0) is 43.4 Å². The Morgan fingerprint density at radius 2 is 1.76 bits per heavy atom. The lowest BCUT2D eigenvalue weighted by atomic mass is 9.98. The van der Waals surface area contributed by atoms with Crippen LogP contribution in [0, 0.1) is 13.8 Å². The SMILES string of the molecule is Cc1ccc(C2CN=C(N)N2C2CCCCCC2)cc1C. The van der Waals surface area contributed by atoms with Gasteiger partial charge in [-0.3, -0.25) is 4.99 Å². The molecule has 0 spiro atoms. The van der Waals surface area contributed by atoms with E-state index >= 15 is 0 Å². The van der Waals surface area contributed by atoms with Crippen molar-refractivity contribution in [2.45, 2.75) is 64.5 Å². The molecule has 2 N–H and O–H groups in total. The van der Waals surface area contributed by atoms with Gasteiger partial charge < -0.3 is 10.6 Å². The zero-order chi connectivity index (χ0) is 14.8. The van der Waals surface area contributed by atoms with Crippen LogP contribution in [-0.4, -0.2) is 23.4 Å². The third-order valence-corrected chi connectivity index (χ3v) is 5.16. The van der Waals surface area contributed by atoms with Crippen LogP contribution >= 0.6 is 0 Å². The highest BCUT2D eigenvalue weighted by Gasteiger charge is 2.33. The van der Waals surface area contributed by atoms with Gasteiger partial charge in [-0.25, -0.2) is 0 Å². The first-order valence-electron chi connectivity index (χ1n) is 8.32. The Balaban J connectivity index is 1.85. The average Bonchev–Trinajstić information content (AvgIpc) is 2.69. The maximum atomic E-state index is 6.23. The fourth-order valence-corrected chi connectivity index (χ4v) is 3.72. The van der Waals surface area contributed by atoms with E-state index in [-0.39, 0.29) is 0 Å². The predicted octanol–water partition coefficient (Wildman–Crippen LogP) is 3.70. The number of aliphatic imine (C=N–C) groups is 1. The Kier molecular flexibility index (Phi) is 4.18. The van der Waals surface area contributed by atoms with E-state index in [0.29, 0.717) is 12.1 Å². The molecule has 3 nitrogen and oxygen atoms in total. The van der Waals surface area contributed by atoms with Crippen LogP contribution in [0.15, 0.2) is 23.2 Å². The third kappa shape index (κ3) is 2.92. The van der Waals surface area contributed by atoms with E-state index in [1.807, 2.05) is 0 Å². The highest BCUT2D eigenvalue weighted by molar-refractivity contribution is 5.80. The van der Waals surface area contributed by atoms with Gasteiger partial charge in [0.05, 0.1) is 12.6 Å². The minimum absolute atomic E-state index is 0.340. The average molecular weight is 285 g/mol. The Bertz CT molecular complexity index is 527. The summed E-state index contributed by atoms with van der Waals surface area (Å²) in [5, 5.41) is 0. The normalized spacial score (nSPS) is 24.0. The summed E-state index contributed by atoms with van der Waals surface area (Å²) in [6, 6.07) is 7.71. The van der Waals surface area contributed by atoms with E-state index in [9.17, 15) is 0 Å².